The highest BCUT2D eigenvalue weighted by Crippen LogP contribution is 2.50. The van der Waals surface area contributed by atoms with Crippen LogP contribution in [0.2, 0.25) is 0 Å². The Morgan fingerprint density at radius 3 is 2.69 bits per heavy atom. The average Bonchev–Trinajstić information content (AvgIpc) is 3.60. The van der Waals surface area contributed by atoms with Crippen molar-refractivity contribution in [2.75, 3.05) is 26.2 Å². The molecule has 3 aliphatic heterocycles. The van der Waals surface area contributed by atoms with Crippen LogP contribution in [0.4, 0.5) is 4.79 Å². The number of rotatable bonds is 3. The molecule has 35 heavy (non-hydrogen) atoms. The number of amides is 1. The van der Waals surface area contributed by atoms with E-state index in [1.165, 1.54) is 5.06 Å². The van der Waals surface area contributed by atoms with Gasteiger partial charge in [0, 0.05) is 57.2 Å². The molecule has 0 aromatic carbocycles. The predicted octanol–water partition coefficient (Wildman–Crippen LogP) is 4.06. The van der Waals surface area contributed by atoms with Crippen molar-refractivity contribution in [2.45, 2.75) is 69.4 Å². The molecule has 5 heterocycles. The summed E-state index contributed by atoms with van der Waals surface area (Å²) in [5.74, 6) is 2.55. The number of aromatic nitrogens is 3. The van der Waals surface area contributed by atoms with Crippen LogP contribution in [0.3, 0.4) is 0 Å². The van der Waals surface area contributed by atoms with Crippen LogP contribution in [0.5, 0.6) is 5.75 Å². The highest BCUT2D eigenvalue weighted by Gasteiger charge is 2.49. The van der Waals surface area contributed by atoms with E-state index in [4.69, 9.17) is 14.5 Å². The van der Waals surface area contributed by atoms with Gasteiger partial charge in [-0.2, -0.15) is 5.06 Å². The van der Waals surface area contributed by atoms with E-state index in [-0.39, 0.29) is 17.6 Å². The fourth-order valence-corrected chi connectivity index (χ4v) is 6.04. The number of hydrogen-bond donors (Lipinski definition) is 1. The van der Waals surface area contributed by atoms with Gasteiger partial charge in [0.05, 0.1) is 12.3 Å². The number of hydroxylamine groups is 2. The molecule has 0 radical (unpaired) electrons. The Morgan fingerprint density at radius 1 is 1.20 bits per heavy atom. The molecule has 6 rings (SSSR count). The molecule has 188 valence electrons. The van der Waals surface area contributed by atoms with Gasteiger partial charge in [-0.05, 0) is 57.6 Å². The lowest BCUT2D eigenvalue weighted by Gasteiger charge is -2.44. The van der Waals surface area contributed by atoms with Gasteiger partial charge >= 0.3 is 6.09 Å². The second-order valence-corrected chi connectivity index (χ2v) is 11.3. The van der Waals surface area contributed by atoms with Crippen molar-refractivity contribution in [3.8, 4) is 17.1 Å². The van der Waals surface area contributed by atoms with E-state index in [0.717, 1.165) is 54.3 Å². The number of imidazole rings is 1. The third-order valence-corrected chi connectivity index (χ3v) is 8.33. The molecule has 2 aromatic heterocycles. The van der Waals surface area contributed by atoms with Gasteiger partial charge in [0.25, 0.3) is 0 Å². The monoisotopic (exact) mass is 481 g/mol. The Hall–Kier alpha value is -2.65. The average molecular weight is 482 g/mol. The first-order valence-corrected chi connectivity index (χ1v) is 12.9. The van der Waals surface area contributed by atoms with Gasteiger partial charge < -0.3 is 24.1 Å². The molecule has 0 unspecified atom stereocenters. The Labute approximate surface area is 206 Å². The van der Waals surface area contributed by atoms with Crippen molar-refractivity contribution in [1.29, 1.82) is 0 Å². The molecule has 9 heteroatoms. The summed E-state index contributed by atoms with van der Waals surface area (Å²) >= 11 is 0. The standard InChI is InChI=1S/C26H35N5O4/c1-25(2)15-18(8-12-31(25)33)23-28-21-20-19(5-4-11-27-20)35-26(22(21)29(23)3)9-13-30(14-10-26)24(32)34-16-17-6-7-17/h4-5,11,17-18,33H,6-10,12-16H2,1-3H3/t18-/m1/s1. The van der Waals surface area contributed by atoms with E-state index in [9.17, 15) is 10.0 Å². The number of hydrogen-bond acceptors (Lipinski definition) is 7. The molecule has 1 saturated carbocycles. The van der Waals surface area contributed by atoms with E-state index < -0.39 is 5.60 Å². The van der Waals surface area contributed by atoms with Crippen molar-refractivity contribution in [2.24, 2.45) is 13.0 Å². The first kappa shape index (κ1) is 22.8. The van der Waals surface area contributed by atoms with E-state index in [1.54, 1.807) is 6.20 Å². The van der Waals surface area contributed by atoms with E-state index in [0.29, 0.717) is 45.0 Å². The number of ether oxygens (including phenoxy) is 2. The third-order valence-electron chi connectivity index (χ3n) is 8.33. The fraction of sp³-hybridized carbons (Fsp3) is 0.654. The zero-order valence-corrected chi connectivity index (χ0v) is 20.9. The number of fused-ring (bicyclic) bond motifs is 4. The van der Waals surface area contributed by atoms with E-state index >= 15 is 0 Å². The number of nitrogens with zero attached hydrogens (tertiary/aromatic N) is 5. The van der Waals surface area contributed by atoms with Gasteiger partial charge in [-0.1, -0.05) is 0 Å². The zero-order chi connectivity index (χ0) is 24.4. The summed E-state index contributed by atoms with van der Waals surface area (Å²) in [6.07, 6.45) is 6.90. The van der Waals surface area contributed by atoms with Gasteiger partial charge in [-0.15, -0.1) is 0 Å². The SMILES string of the molecule is Cn1c([C@@H]2CCN(O)C(C)(C)C2)nc2c1C1(CCN(C(=O)OCC3CC3)CC1)Oc1cccnc1-2. The highest BCUT2D eigenvalue weighted by molar-refractivity contribution is 5.70. The lowest BCUT2D eigenvalue weighted by atomic mass is 9.83. The molecule has 1 atom stereocenters. The fourth-order valence-electron chi connectivity index (χ4n) is 6.04. The molecule has 0 bridgehead atoms. The molecular formula is C26H35N5O4. The van der Waals surface area contributed by atoms with Crippen molar-refractivity contribution in [1.82, 2.24) is 24.5 Å². The lowest BCUT2D eigenvalue weighted by Crippen LogP contribution is -2.50. The van der Waals surface area contributed by atoms with Crippen LogP contribution in [-0.2, 0) is 17.4 Å². The number of piperidine rings is 2. The van der Waals surface area contributed by atoms with Crippen molar-refractivity contribution < 1.29 is 19.5 Å². The predicted molar refractivity (Wildman–Crippen MR) is 128 cm³/mol. The minimum absolute atomic E-state index is 0.214. The maximum atomic E-state index is 12.6. The zero-order valence-electron chi connectivity index (χ0n) is 20.9. The quantitative estimate of drug-likeness (QED) is 0.707. The molecule has 1 aliphatic carbocycles. The maximum absolute atomic E-state index is 12.6. The van der Waals surface area contributed by atoms with E-state index in [2.05, 4.69) is 30.4 Å². The first-order chi connectivity index (χ1) is 16.8. The van der Waals surface area contributed by atoms with Crippen molar-refractivity contribution in [3.05, 3.63) is 29.8 Å². The third kappa shape index (κ3) is 3.89. The smallest absolute Gasteiger partial charge is 0.409 e. The summed E-state index contributed by atoms with van der Waals surface area (Å²) < 4.78 is 14.5. The van der Waals surface area contributed by atoms with Crippen LogP contribution in [0, 0.1) is 5.92 Å². The lowest BCUT2D eigenvalue weighted by molar-refractivity contribution is -0.181. The van der Waals surface area contributed by atoms with Gasteiger partial charge in [0.1, 0.15) is 23.0 Å². The molecule has 1 amide bonds. The van der Waals surface area contributed by atoms with E-state index in [1.807, 2.05) is 17.0 Å². The van der Waals surface area contributed by atoms with Crippen molar-refractivity contribution >= 4 is 6.09 Å². The van der Waals surface area contributed by atoms with Crippen LogP contribution in [-0.4, -0.2) is 67.6 Å². The molecule has 1 N–H and O–H groups in total. The first-order valence-electron chi connectivity index (χ1n) is 12.9. The van der Waals surface area contributed by atoms with Crippen LogP contribution in [0.25, 0.3) is 11.4 Å². The number of pyridine rings is 1. The van der Waals surface area contributed by atoms with Gasteiger partial charge in [0.15, 0.2) is 5.60 Å². The molecule has 9 nitrogen and oxygen atoms in total. The summed E-state index contributed by atoms with van der Waals surface area (Å²) in [7, 11) is 2.08. The van der Waals surface area contributed by atoms with Crippen molar-refractivity contribution in [3.63, 3.8) is 0 Å². The normalized spacial score (nSPS) is 25.0. The van der Waals surface area contributed by atoms with Gasteiger partial charge in [-0.3, -0.25) is 4.98 Å². The Bertz CT molecular complexity index is 1130. The molecule has 2 aromatic rings. The summed E-state index contributed by atoms with van der Waals surface area (Å²) in [5, 5.41) is 11.8. The Balaban J connectivity index is 1.32. The number of carbonyl (C=O) groups excluding carboxylic acids is 1. The summed E-state index contributed by atoms with van der Waals surface area (Å²) in [4.78, 5) is 24.2. The Morgan fingerprint density at radius 2 is 1.97 bits per heavy atom. The molecule has 1 spiro atoms. The minimum atomic E-state index is -0.564. The van der Waals surface area contributed by atoms with Crippen LogP contribution >= 0.6 is 0 Å². The number of carbonyl (C=O) groups is 1. The number of likely N-dealkylation sites (tertiary alicyclic amines) is 1. The summed E-state index contributed by atoms with van der Waals surface area (Å²) in [6.45, 7) is 6.45. The Kier molecular flexibility index (Phi) is 5.34. The molecule has 3 fully saturated rings. The topological polar surface area (TPSA) is 93.0 Å². The van der Waals surface area contributed by atoms with Gasteiger partial charge in [-0.25, -0.2) is 9.78 Å². The highest BCUT2D eigenvalue weighted by atomic mass is 16.6. The second kappa shape index (κ2) is 8.20. The summed E-state index contributed by atoms with van der Waals surface area (Å²) in [6, 6.07) is 3.86. The maximum Gasteiger partial charge on any atom is 0.409 e. The van der Waals surface area contributed by atoms with Crippen LogP contribution in [0.1, 0.15) is 69.8 Å². The molecular weight excluding hydrogens is 446 g/mol. The van der Waals surface area contributed by atoms with Gasteiger partial charge in [0.2, 0.25) is 0 Å². The molecule has 4 aliphatic rings. The molecule has 2 saturated heterocycles. The minimum Gasteiger partial charge on any atom is -0.478 e. The summed E-state index contributed by atoms with van der Waals surface area (Å²) in [5.41, 5.74) is 1.84. The van der Waals surface area contributed by atoms with Crippen LogP contribution in [0.15, 0.2) is 18.3 Å². The largest absolute Gasteiger partial charge is 0.478 e. The second-order valence-electron chi connectivity index (χ2n) is 11.3. The van der Waals surface area contributed by atoms with Crippen LogP contribution < -0.4 is 4.74 Å².